The summed E-state index contributed by atoms with van der Waals surface area (Å²) in [6.07, 6.45) is -6.54. The van der Waals surface area contributed by atoms with Crippen LogP contribution < -0.4 is 16.0 Å². The molecule has 10 unspecified atom stereocenters. The van der Waals surface area contributed by atoms with E-state index in [-0.39, 0.29) is 12.3 Å². The van der Waals surface area contributed by atoms with E-state index in [0.717, 1.165) is 58.8 Å². The fraction of sp³-hybridized carbons (Fsp3) is 0.931. The highest BCUT2D eigenvalue weighted by molar-refractivity contribution is 5.76. The highest BCUT2D eigenvalue weighted by Gasteiger charge is 2.57. The van der Waals surface area contributed by atoms with Gasteiger partial charge in [-0.3, -0.25) is 14.4 Å². The van der Waals surface area contributed by atoms with Crippen LogP contribution in [0, 0.1) is 0 Å². The lowest BCUT2D eigenvalue weighted by Gasteiger charge is -2.50. The molecule has 18 N–H and O–H groups in total. The van der Waals surface area contributed by atoms with Crippen molar-refractivity contribution in [2.24, 2.45) is 0 Å². The van der Waals surface area contributed by atoms with Crippen LogP contribution in [-0.2, 0) is 61.8 Å². The highest BCUT2D eigenvalue weighted by atomic mass is 16.8. The molecule has 0 aromatic rings. The van der Waals surface area contributed by atoms with E-state index in [9.17, 15) is 91.0 Å². The van der Waals surface area contributed by atoms with Crippen LogP contribution in [0.3, 0.4) is 0 Å². The monoisotopic (exact) mass is 1490 g/mol. The van der Waals surface area contributed by atoms with Gasteiger partial charge in [0, 0.05) is 20.3 Å². The molecule has 31 nitrogen and oxygen atoms in total. The summed E-state index contributed by atoms with van der Waals surface area (Å²) >= 11 is 0. The molecule has 31 heteroatoms. The summed E-state index contributed by atoms with van der Waals surface area (Å²) in [5.74, 6) is -1.87. The fourth-order valence-corrected chi connectivity index (χ4v) is 14.0. The first kappa shape index (κ1) is 90.8. The number of ether oxygens (including phenoxy) is 10. The number of carbonyl (C=O) groups excluding carboxylic acids is 3. The molecule has 0 spiro atoms. The van der Waals surface area contributed by atoms with Gasteiger partial charge in [0.05, 0.1) is 51.8 Å². The molecule has 5 saturated heterocycles. The molecule has 602 valence electrons. The molecule has 5 fully saturated rings. The SMILES string of the molecule is CCCCCCCCCCCCC/C=C/[C@@H](O)[C@H](CO[C@@H]1OC(CO)[C@@H](O[C@@H]2OC(CO)[C@H](O[C@@H]3OC(CO)[C@H](O)[C@H](O[C@@H]4OC(CO)[C@H](O)[C@H](O[C@@H]5OC(CO)[C@H](O)[C@H](O)C5NC(C)=O)C4NC(C)=O)C3O)[C@H](O)C2O)[C@H](O)C1O)NC(=O)CCCCCCCCCCCCCCCCCCC. The van der Waals surface area contributed by atoms with Gasteiger partial charge in [-0.05, 0) is 19.3 Å². The van der Waals surface area contributed by atoms with Gasteiger partial charge in [0.2, 0.25) is 17.7 Å². The Kier molecular flexibility index (Phi) is 44.1. The molecule has 5 rings (SSSR count). The predicted octanol–water partition coefficient (Wildman–Crippen LogP) is 0.532. The van der Waals surface area contributed by atoms with Crippen molar-refractivity contribution in [2.75, 3.05) is 39.6 Å². The Morgan fingerprint density at radius 2 is 0.728 bits per heavy atom. The number of hydrogen-bond donors (Lipinski definition) is 18. The second-order valence-electron chi connectivity index (χ2n) is 28.6. The van der Waals surface area contributed by atoms with Crippen molar-refractivity contribution < 1.29 is 138 Å². The van der Waals surface area contributed by atoms with Gasteiger partial charge >= 0.3 is 0 Å². The van der Waals surface area contributed by atoms with Gasteiger partial charge < -0.3 is 140 Å². The van der Waals surface area contributed by atoms with E-state index < -0.39 is 217 Å². The van der Waals surface area contributed by atoms with E-state index in [1.807, 2.05) is 6.08 Å². The Labute approximate surface area is 607 Å². The quantitative estimate of drug-likeness (QED) is 0.0292. The Balaban J connectivity index is 1.19. The number of hydrogen-bond acceptors (Lipinski definition) is 28. The van der Waals surface area contributed by atoms with Gasteiger partial charge in [-0.15, -0.1) is 0 Å². The summed E-state index contributed by atoms with van der Waals surface area (Å²) in [4.78, 5) is 38.5. The molecule has 27 atom stereocenters. The van der Waals surface area contributed by atoms with Crippen molar-refractivity contribution in [3.05, 3.63) is 12.2 Å². The molecule has 3 amide bonds. The van der Waals surface area contributed by atoms with Gasteiger partial charge in [-0.2, -0.15) is 0 Å². The Morgan fingerprint density at radius 3 is 1.18 bits per heavy atom. The number of nitrogens with one attached hydrogen (secondary N) is 3. The van der Waals surface area contributed by atoms with E-state index in [1.54, 1.807) is 6.08 Å². The lowest BCUT2D eigenvalue weighted by Crippen LogP contribution is -2.71. The first-order chi connectivity index (χ1) is 49.6. The van der Waals surface area contributed by atoms with Crippen LogP contribution in [0.2, 0.25) is 0 Å². The van der Waals surface area contributed by atoms with Crippen LogP contribution in [0.5, 0.6) is 0 Å². The zero-order valence-electron chi connectivity index (χ0n) is 61.2. The average Bonchev–Trinajstić information content (AvgIpc) is 0.775. The topological polar surface area (TPSA) is 483 Å². The smallest absolute Gasteiger partial charge is 0.220 e. The average molecular weight is 1490 g/mol. The predicted molar refractivity (Wildman–Crippen MR) is 370 cm³/mol. The van der Waals surface area contributed by atoms with Crippen LogP contribution in [0.15, 0.2) is 12.2 Å². The van der Waals surface area contributed by atoms with Gasteiger partial charge in [0.25, 0.3) is 0 Å². The summed E-state index contributed by atoms with van der Waals surface area (Å²) in [5, 5.41) is 174. The number of carbonyl (C=O) groups is 3. The Hall–Kier alpha value is -2.85. The second-order valence-corrected chi connectivity index (χ2v) is 28.6. The number of rotatable bonds is 51. The minimum absolute atomic E-state index is 0.196. The third-order valence-corrected chi connectivity index (χ3v) is 20.1. The lowest BCUT2D eigenvalue weighted by atomic mass is 9.93. The third-order valence-electron chi connectivity index (χ3n) is 20.1. The zero-order valence-corrected chi connectivity index (χ0v) is 61.2. The van der Waals surface area contributed by atoms with Crippen molar-refractivity contribution in [2.45, 2.75) is 386 Å². The van der Waals surface area contributed by atoms with Crippen LogP contribution in [0.4, 0.5) is 0 Å². The molecule has 0 radical (unpaired) electrons. The van der Waals surface area contributed by atoms with Crippen LogP contribution in [0.25, 0.3) is 0 Å². The first-order valence-corrected chi connectivity index (χ1v) is 38.5. The van der Waals surface area contributed by atoms with E-state index in [2.05, 4.69) is 29.8 Å². The molecule has 0 aromatic heterocycles. The summed E-state index contributed by atoms with van der Waals surface area (Å²) in [6, 6.07) is -4.32. The standard InChI is InChI=1S/C72H131N3O28/c1-5-7-9-11-13-15-17-19-20-21-22-24-26-28-30-32-34-36-52(84)75-45(46(83)35-33-31-29-27-25-23-18-16-14-12-10-8-6-2)42-94-70-61(91)59(89)64(50(40-79)98-70)100-71-62(92)60(90)65(51(41-80)99-71)101-72-63(93)67(57(87)49(39-78)97-72)103-69-54(74-44(4)82)66(56(86)48(38-77)96-69)102-68-53(73-43(3)81)58(88)55(85)47(37-76)95-68/h33,35,45-51,53-72,76-80,83,85-93H,5-32,34,36-42H2,1-4H3,(H,73,81)(H,74,82)(H,75,84)/b35-33+/t45-,46+,47?,48?,49?,50?,51?,53?,54?,55-,56-,57-,58+,59+,60+,61?,62?,63?,64+,65-,66+,67-,68-,69-,70+,71-,72-/m0/s1. The first-order valence-electron chi connectivity index (χ1n) is 38.5. The molecule has 0 aliphatic carbocycles. The van der Waals surface area contributed by atoms with Crippen LogP contribution >= 0.6 is 0 Å². The normalized spacial score (nSPS) is 34.9. The van der Waals surface area contributed by atoms with Crippen molar-refractivity contribution in [3.8, 4) is 0 Å². The van der Waals surface area contributed by atoms with E-state index in [0.29, 0.717) is 12.8 Å². The molecule has 5 heterocycles. The molecular formula is C72H131N3O28. The Morgan fingerprint density at radius 1 is 0.379 bits per heavy atom. The van der Waals surface area contributed by atoms with E-state index in [1.165, 1.54) is 128 Å². The molecule has 0 aromatic carbocycles. The number of aliphatic hydroxyl groups is 15. The van der Waals surface area contributed by atoms with Crippen molar-refractivity contribution in [3.63, 3.8) is 0 Å². The van der Waals surface area contributed by atoms with Gasteiger partial charge in [-0.1, -0.05) is 193 Å². The van der Waals surface area contributed by atoms with Crippen molar-refractivity contribution >= 4 is 17.7 Å². The Bertz CT molecular complexity index is 2310. The lowest BCUT2D eigenvalue weighted by molar-refractivity contribution is -0.388. The molecule has 5 aliphatic rings. The summed E-state index contributed by atoms with van der Waals surface area (Å²) in [6.45, 7) is 1.40. The van der Waals surface area contributed by atoms with Crippen molar-refractivity contribution in [1.29, 1.82) is 0 Å². The zero-order chi connectivity index (χ0) is 75.4. The van der Waals surface area contributed by atoms with Gasteiger partial charge in [0.1, 0.15) is 122 Å². The molecule has 0 bridgehead atoms. The molecule has 0 saturated carbocycles. The van der Waals surface area contributed by atoms with Crippen LogP contribution in [0.1, 0.15) is 220 Å². The number of amides is 3. The summed E-state index contributed by atoms with van der Waals surface area (Å²) in [7, 11) is 0. The van der Waals surface area contributed by atoms with Gasteiger partial charge in [0.15, 0.2) is 31.5 Å². The molecule has 5 aliphatic heterocycles. The molecular weight excluding hydrogens is 1350 g/mol. The molecule has 103 heavy (non-hydrogen) atoms. The summed E-state index contributed by atoms with van der Waals surface area (Å²) < 4.78 is 59.1. The number of aliphatic hydroxyl groups excluding tert-OH is 15. The highest BCUT2D eigenvalue weighted by Crippen LogP contribution is 2.37. The maximum Gasteiger partial charge on any atom is 0.220 e. The minimum atomic E-state index is -2.20. The third kappa shape index (κ3) is 29.5. The van der Waals surface area contributed by atoms with Crippen LogP contribution in [-0.4, -0.2) is 300 Å². The maximum absolute atomic E-state index is 13.5. The fourth-order valence-electron chi connectivity index (χ4n) is 14.0. The van der Waals surface area contributed by atoms with Crippen molar-refractivity contribution in [1.82, 2.24) is 16.0 Å². The van der Waals surface area contributed by atoms with E-state index >= 15 is 0 Å². The largest absolute Gasteiger partial charge is 0.394 e. The second kappa shape index (κ2) is 50.0. The summed E-state index contributed by atoms with van der Waals surface area (Å²) in [5.41, 5.74) is 0. The minimum Gasteiger partial charge on any atom is -0.394 e. The van der Waals surface area contributed by atoms with E-state index in [4.69, 9.17) is 47.4 Å². The van der Waals surface area contributed by atoms with Gasteiger partial charge in [-0.25, -0.2) is 0 Å². The number of allylic oxidation sites excluding steroid dienone is 1. The maximum atomic E-state index is 13.5. The number of unbranched alkanes of at least 4 members (excludes halogenated alkanes) is 27.